The topological polar surface area (TPSA) is 98.6 Å². The Morgan fingerprint density at radius 2 is 1.69 bits per heavy atom. The highest BCUT2D eigenvalue weighted by Crippen LogP contribution is 2.27. The maximum atomic E-state index is 14.0. The molecule has 2 amide bonds. The van der Waals surface area contributed by atoms with Gasteiger partial charge in [-0.25, -0.2) is 4.68 Å². The molecule has 0 radical (unpaired) electrons. The summed E-state index contributed by atoms with van der Waals surface area (Å²) in [6.07, 6.45) is 0.829. The van der Waals surface area contributed by atoms with Crippen LogP contribution in [0.15, 0.2) is 72.8 Å². The van der Waals surface area contributed by atoms with Gasteiger partial charge in [-0.15, -0.1) is 5.10 Å². The maximum absolute atomic E-state index is 14.0. The lowest BCUT2D eigenvalue weighted by atomic mass is 10.0. The molecule has 1 atom stereocenters. The maximum Gasteiger partial charge on any atom is 0.247 e. The second-order valence-corrected chi connectivity index (χ2v) is 9.76. The molecule has 1 aromatic heterocycles. The molecule has 3 aromatic carbocycles. The predicted octanol–water partition coefficient (Wildman–Crippen LogP) is 4.38. The summed E-state index contributed by atoms with van der Waals surface area (Å²) in [6.45, 7) is 4.84. The van der Waals surface area contributed by atoms with Gasteiger partial charge < -0.3 is 19.7 Å². The van der Waals surface area contributed by atoms with Crippen LogP contribution >= 0.6 is 0 Å². The Kier molecular flexibility index (Phi) is 9.14. The van der Waals surface area contributed by atoms with E-state index in [1.165, 1.54) is 0 Å². The Labute approximate surface area is 228 Å². The normalized spacial score (nSPS) is 11.8. The summed E-state index contributed by atoms with van der Waals surface area (Å²) in [5, 5.41) is 11.4. The molecule has 1 unspecified atom stereocenters. The van der Waals surface area contributed by atoms with E-state index in [0.29, 0.717) is 35.0 Å². The zero-order chi connectivity index (χ0) is 27.8. The van der Waals surface area contributed by atoms with E-state index in [0.717, 1.165) is 17.5 Å². The van der Waals surface area contributed by atoms with E-state index in [2.05, 4.69) is 29.5 Å². The minimum Gasteiger partial charge on any atom is -0.497 e. The molecule has 0 saturated heterocycles. The molecule has 1 N–H and O–H groups in total. The molecule has 39 heavy (non-hydrogen) atoms. The van der Waals surface area contributed by atoms with E-state index in [1.54, 1.807) is 35.9 Å². The van der Waals surface area contributed by atoms with Gasteiger partial charge in [0, 0.05) is 13.1 Å². The molecule has 0 aliphatic carbocycles. The Bertz CT molecular complexity index is 1400. The number of hydrogen-bond donors (Lipinski definition) is 1. The van der Waals surface area contributed by atoms with Gasteiger partial charge in [-0.05, 0) is 59.9 Å². The van der Waals surface area contributed by atoms with Gasteiger partial charge in [0.25, 0.3) is 0 Å². The molecule has 9 heteroatoms. The van der Waals surface area contributed by atoms with Crippen molar-refractivity contribution >= 4 is 22.8 Å². The van der Waals surface area contributed by atoms with Crippen molar-refractivity contribution in [1.82, 2.24) is 25.2 Å². The predicted molar refractivity (Wildman–Crippen MR) is 149 cm³/mol. The number of benzene rings is 3. The van der Waals surface area contributed by atoms with Crippen molar-refractivity contribution in [2.45, 2.75) is 39.4 Å². The van der Waals surface area contributed by atoms with Gasteiger partial charge >= 0.3 is 0 Å². The second-order valence-electron chi connectivity index (χ2n) is 9.76. The number of ether oxygens (including phenoxy) is 2. The molecule has 204 valence electrons. The van der Waals surface area contributed by atoms with Crippen molar-refractivity contribution < 1.29 is 19.1 Å². The number of carbonyl (C=O) groups excluding carboxylic acids is 2. The van der Waals surface area contributed by atoms with Gasteiger partial charge in [-0.1, -0.05) is 55.5 Å². The van der Waals surface area contributed by atoms with Crippen molar-refractivity contribution in [2.75, 3.05) is 20.8 Å². The summed E-state index contributed by atoms with van der Waals surface area (Å²) in [5.74, 6) is 1.25. The van der Waals surface area contributed by atoms with Crippen LogP contribution in [0.3, 0.4) is 0 Å². The van der Waals surface area contributed by atoms with Crippen molar-refractivity contribution in [3.05, 3.63) is 83.9 Å². The van der Waals surface area contributed by atoms with Crippen molar-refractivity contribution in [2.24, 2.45) is 5.92 Å². The number of nitrogens with zero attached hydrogens (tertiary/aromatic N) is 4. The zero-order valence-corrected chi connectivity index (χ0v) is 22.8. The number of hydrogen-bond acceptors (Lipinski definition) is 6. The fourth-order valence-corrected chi connectivity index (χ4v) is 4.38. The molecular weight excluding hydrogens is 494 g/mol. The molecule has 0 aliphatic rings. The standard InChI is InChI=1S/C30H35N5O4/c1-21(2)16-17-31-30(37)29(23-12-14-24(38-3)15-13-23)34(19-22-8-7-9-25(18-22)39-4)28(36)20-35-27-11-6-5-10-26(27)32-33-35/h5-15,18,21,29H,16-17,19-20H2,1-4H3,(H,31,37). The lowest BCUT2D eigenvalue weighted by molar-refractivity contribution is -0.142. The lowest BCUT2D eigenvalue weighted by Crippen LogP contribution is -2.45. The van der Waals surface area contributed by atoms with Crippen LogP contribution < -0.4 is 14.8 Å². The number of rotatable bonds is 12. The van der Waals surface area contributed by atoms with Crippen LogP contribution in [0.4, 0.5) is 0 Å². The summed E-state index contributed by atoms with van der Waals surface area (Å²) >= 11 is 0. The largest absolute Gasteiger partial charge is 0.497 e. The summed E-state index contributed by atoms with van der Waals surface area (Å²) in [6, 6.07) is 21.3. The molecule has 0 spiro atoms. The fraction of sp³-hybridized carbons (Fsp3) is 0.333. The van der Waals surface area contributed by atoms with Crippen LogP contribution in [-0.4, -0.2) is 52.5 Å². The highest BCUT2D eigenvalue weighted by Gasteiger charge is 2.32. The van der Waals surface area contributed by atoms with Gasteiger partial charge in [-0.2, -0.15) is 0 Å². The minimum atomic E-state index is -0.878. The first kappa shape index (κ1) is 27.6. The molecule has 0 fully saturated rings. The molecule has 9 nitrogen and oxygen atoms in total. The summed E-state index contributed by atoms with van der Waals surface area (Å²) in [5.41, 5.74) is 2.95. The highest BCUT2D eigenvalue weighted by atomic mass is 16.5. The van der Waals surface area contributed by atoms with Gasteiger partial charge in [0.05, 0.1) is 19.7 Å². The minimum absolute atomic E-state index is 0.0730. The van der Waals surface area contributed by atoms with Crippen LogP contribution in [0, 0.1) is 5.92 Å². The SMILES string of the molecule is COc1ccc(C(C(=O)NCCC(C)C)N(Cc2cccc(OC)c2)C(=O)Cn2nnc3ccccc32)cc1. The number of nitrogens with one attached hydrogen (secondary N) is 1. The summed E-state index contributed by atoms with van der Waals surface area (Å²) < 4.78 is 12.3. The number of para-hydroxylation sites is 1. The van der Waals surface area contributed by atoms with Crippen LogP contribution in [0.2, 0.25) is 0 Å². The first-order valence-electron chi connectivity index (χ1n) is 13.0. The van der Waals surface area contributed by atoms with Gasteiger partial charge in [-0.3, -0.25) is 9.59 Å². The average molecular weight is 530 g/mol. The Hall–Kier alpha value is -4.40. The monoisotopic (exact) mass is 529 g/mol. The first-order chi connectivity index (χ1) is 18.9. The third-order valence-corrected chi connectivity index (χ3v) is 6.53. The van der Waals surface area contributed by atoms with Gasteiger partial charge in [0.15, 0.2) is 0 Å². The molecule has 1 heterocycles. The number of amides is 2. The van der Waals surface area contributed by atoms with E-state index in [-0.39, 0.29) is 24.9 Å². The second kappa shape index (κ2) is 12.9. The molecular formula is C30H35N5O4. The van der Waals surface area contributed by atoms with Crippen LogP contribution in [0.25, 0.3) is 11.0 Å². The average Bonchev–Trinajstić information content (AvgIpc) is 3.35. The Morgan fingerprint density at radius 1 is 0.949 bits per heavy atom. The lowest BCUT2D eigenvalue weighted by Gasteiger charge is -2.32. The van der Waals surface area contributed by atoms with E-state index in [1.807, 2.05) is 60.7 Å². The number of aromatic nitrogens is 3. The van der Waals surface area contributed by atoms with Gasteiger partial charge in [0.2, 0.25) is 11.8 Å². The van der Waals surface area contributed by atoms with E-state index in [4.69, 9.17) is 9.47 Å². The molecule has 0 saturated carbocycles. The zero-order valence-electron chi connectivity index (χ0n) is 22.8. The smallest absolute Gasteiger partial charge is 0.247 e. The van der Waals surface area contributed by atoms with E-state index in [9.17, 15) is 9.59 Å². The van der Waals surface area contributed by atoms with Crippen LogP contribution in [0.1, 0.15) is 37.4 Å². The third kappa shape index (κ3) is 6.93. The van der Waals surface area contributed by atoms with E-state index < -0.39 is 6.04 Å². The number of carbonyl (C=O) groups is 2. The molecule has 4 aromatic rings. The van der Waals surface area contributed by atoms with Crippen molar-refractivity contribution in [3.8, 4) is 11.5 Å². The first-order valence-corrected chi connectivity index (χ1v) is 13.0. The van der Waals surface area contributed by atoms with E-state index >= 15 is 0 Å². The number of fused-ring (bicyclic) bond motifs is 1. The summed E-state index contributed by atoms with van der Waals surface area (Å²) in [4.78, 5) is 29.4. The molecule has 4 rings (SSSR count). The van der Waals surface area contributed by atoms with Crippen LogP contribution in [-0.2, 0) is 22.7 Å². The number of methoxy groups -OCH3 is 2. The van der Waals surface area contributed by atoms with Crippen LogP contribution in [0.5, 0.6) is 11.5 Å². The fourth-order valence-electron chi connectivity index (χ4n) is 4.38. The Balaban J connectivity index is 1.73. The highest BCUT2D eigenvalue weighted by molar-refractivity contribution is 5.89. The molecule has 0 aliphatic heterocycles. The quantitative estimate of drug-likeness (QED) is 0.292. The van der Waals surface area contributed by atoms with Crippen molar-refractivity contribution in [1.29, 1.82) is 0 Å². The summed E-state index contributed by atoms with van der Waals surface area (Å²) in [7, 11) is 3.19. The Morgan fingerprint density at radius 3 is 2.41 bits per heavy atom. The van der Waals surface area contributed by atoms with Gasteiger partial charge in [0.1, 0.15) is 29.6 Å². The molecule has 0 bridgehead atoms. The van der Waals surface area contributed by atoms with Crippen molar-refractivity contribution in [3.63, 3.8) is 0 Å². The third-order valence-electron chi connectivity index (χ3n) is 6.53.